The van der Waals surface area contributed by atoms with Crippen molar-refractivity contribution in [2.24, 2.45) is 0 Å². The number of benzene rings is 4. The highest BCUT2D eigenvalue weighted by Gasteiger charge is 2.22. The Hall–Kier alpha value is -3.86. The van der Waals surface area contributed by atoms with E-state index in [-0.39, 0.29) is 5.56 Å². The summed E-state index contributed by atoms with van der Waals surface area (Å²) in [5.41, 5.74) is 0.949. The molecular weight excluding hydrogens is 378 g/mol. The van der Waals surface area contributed by atoms with E-state index in [1.165, 1.54) is 7.11 Å². The van der Waals surface area contributed by atoms with Gasteiger partial charge in [-0.2, -0.15) is 0 Å². The number of esters is 1. The summed E-state index contributed by atoms with van der Waals surface area (Å²) >= 11 is 0. The highest BCUT2D eigenvalue weighted by atomic mass is 16.5. The molecule has 4 aromatic rings. The van der Waals surface area contributed by atoms with E-state index >= 15 is 0 Å². The van der Waals surface area contributed by atoms with E-state index in [0.717, 1.165) is 21.5 Å². The molecular formula is C25H21NO4. The van der Waals surface area contributed by atoms with Crippen LogP contribution >= 0.6 is 0 Å². The van der Waals surface area contributed by atoms with Crippen LogP contribution in [0.2, 0.25) is 0 Å². The summed E-state index contributed by atoms with van der Waals surface area (Å²) < 4.78 is 10.8. The van der Waals surface area contributed by atoms with Crippen LogP contribution in [0.4, 0.5) is 5.69 Å². The smallest absolute Gasteiger partial charge is 0.342 e. The van der Waals surface area contributed by atoms with Crippen molar-refractivity contribution in [2.75, 3.05) is 12.4 Å². The average molecular weight is 399 g/mol. The van der Waals surface area contributed by atoms with Crippen LogP contribution < -0.4 is 10.1 Å². The molecule has 0 heterocycles. The third-order valence-electron chi connectivity index (χ3n) is 4.99. The fraction of sp³-hybridized carbons (Fsp3) is 0.120. The van der Waals surface area contributed by atoms with Gasteiger partial charge in [-0.1, -0.05) is 60.7 Å². The molecule has 0 aliphatic rings. The van der Waals surface area contributed by atoms with E-state index in [0.29, 0.717) is 11.4 Å². The number of nitrogens with one attached hydrogen (secondary N) is 1. The number of carbonyl (C=O) groups is 2. The first kappa shape index (κ1) is 19.5. The van der Waals surface area contributed by atoms with Crippen molar-refractivity contribution >= 4 is 39.1 Å². The molecule has 0 saturated heterocycles. The van der Waals surface area contributed by atoms with Gasteiger partial charge in [0.15, 0.2) is 6.10 Å². The topological polar surface area (TPSA) is 64.6 Å². The zero-order valence-corrected chi connectivity index (χ0v) is 16.7. The van der Waals surface area contributed by atoms with E-state index in [4.69, 9.17) is 9.47 Å². The Bertz CT molecular complexity index is 1240. The molecule has 1 N–H and O–H groups in total. The molecule has 30 heavy (non-hydrogen) atoms. The Morgan fingerprint density at radius 3 is 2.20 bits per heavy atom. The number of anilines is 1. The van der Waals surface area contributed by atoms with Crippen molar-refractivity contribution in [2.45, 2.75) is 13.0 Å². The molecule has 0 saturated carbocycles. The minimum Gasteiger partial charge on any atom is -0.496 e. The number of hydrogen-bond acceptors (Lipinski definition) is 4. The number of fused-ring (bicyclic) bond motifs is 2. The van der Waals surface area contributed by atoms with Gasteiger partial charge in [-0.15, -0.1) is 0 Å². The van der Waals surface area contributed by atoms with Gasteiger partial charge in [0.1, 0.15) is 11.3 Å². The fourth-order valence-electron chi connectivity index (χ4n) is 3.39. The first-order valence-corrected chi connectivity index (χ1v) is 9.63. The maximum Gasteiger partial charge on any atom is 0.342 e. The number of amides is 1. The molecule has 1 atom stereocenters. The van der Waals surface area contributed by atoms with Crippen LogP contribution in [0, 0.1) is 0 Å². The lowest BCUT2D eigenvalue weighted by atomic mass is 10.1. The van der Waals surface area contributed by atoms with E-state index in [1.54, 1.807) is 19.1 Å². The largest absolute Gasteiger partial charge is 0.496 e. The molecule has 0 radical (unpaired) electrons. The zero-order chi connectivity index (χ0) is 21.1. The van der Waals surface area contributed by atoms with Gasteiger partial charge < -0.3 is 14.8 Å². The predicted octanol–water partition coefficient (Wildman–Crippen LogP) is 5.19. The van der Waals surface area contributed by atoms with Gasteiger partial charge in [0.2, 0.25) is 0 Å². The summed E-state index contributed by atoms with van der Waals surface area (Å²) in [5.74, 6) is -0.613. The number of hydrogen-bond donors (Lipinski definition) is 1. The third kappa shape index (κ3) is 3.82. The zero-order valence-electron chi connectivity index (χ0n) is 16.7. The quantitative estimate of drug-likeness (QED) is 0.469. The van der Waals surface area contributed by atoms with Crippen LogP contribution in [0.5, 0.6) is 5.75 Å². The first-order chi connectivity index (χ1) is 14.6. The summed E-state index contributed by atoms with van der Waals surface area (Å²) in [5, 5.41) is 6.63. The Kier molecular flexibility index (Phi) is 5.35. The minimum atomic E-state index is -0.979. The highest BCUT2D eigenvalue weighted by molar-refractivity contribution is 6.05. The Balaban J connectivity index is 1.53. The van der Waals surface area contributed by atoms with Gasteiger partial charge in [0.05, 0.1) is 7.11 Å². The second-order valence-corrected chi connectivity index (χ2v) is 6.96. The van der Waals surface area contributed by atoms with Gasteiger partial charge in [-0.3, -0.25) is 4.79 Å². The molecule has 0 bridgehead atoms. The third-order valence-corrected chi connectivity index (χ3v) is 4.99. The van der Waals surface area contributed by atoms with Gasteiger partial charge in [-0.25, -0.2) is 4.79 Å². The van der Waals surface area contributed by atoms with Gasteiger partial charge in [0, 0.05) is 11.1 Å². The number of ether oxygens (including phenoxy) is 2. The molecule has 4 aromatic carbocycles. The van der Waals surface area contributed by atoms with Crippen molar-refractivity contribution in [1.82, 2.24) is 0 Å². The summed E-state index contributed by atoms with van der Waals surface area (Å²) in [4.78, 5) is 25.4. The molecule has 4 rings (SSSR count). The van der Waals surface area contributed by atoms with E-state index < -0.39 is 18.0 Å². The van der Waals surface area contributed by atoms with Crippen molar-refractivity contribution in [3.63, 3.8) is 0 Å². The Morgan fingerprint density at radius 1 is 0.833 bits per heavy atom. The molecule has 1 amide bonds. The fourth-order valence-corrected chi connectivity index (χ4v) is 3.39. The maximum atomic E-state index is 12.8. The lowest BCUT2D eigenvalue weighted by Gasteiger charge is -2.16. The van der Waals surface area contributed by atoms with Crippen LogP contribution in [0.1, 0.15) is 17.3 Å². The second kappa shape index (κ2) is 8.25. The van der Waals surface area contributed by atoms with E-state index in [9.17, 15) is 9.59 Å². The molecule has 5 nitrogen and oxygen atoms in total. The van der Waals surface area contributed by atoms with E-state index in [1.807, 2.05) is 66.7 Å². The van der Waals surface area contributed by atoms with E-state index in [2.05, 4.69) is 5.32 Å². The predicted molar refractivity (Wildman–Crippen MR) is 118 cm³/mol. The number of methoxy groups -OCH3 is 1. The average Bonchev–Trinajstić information content (AvgIpc) is 2.78. The standard InChI is InChI=1S/C25H21NO4/c1-16(24(27)26-22-13-7-11-17-8-5-6-12-20(17)22)30-25(28)21-14-18-9-3-4-10-19(18)15-23(21)29-2/h3-16H,1-2H3,(H,26,27)/t16-/m1/s1. The molecule has 0 aliphatic heterocycles. The van der Waals surface area contributed by atoms with Crippen LogP contribution in [-0.2, 0) is 9.53 Å². The van der Waals surface area contributed by atoms with Crippen LogP contribution in [0.3, 0.4) is 0 Å². The molecule has 5 heteroatoms. The lowest BCUT2D eigenvalue weighted by Crippen LogP contribution is -2.30. The van der Waals surface area contributed by atoms with Crippen LogP contribution in [0.15, 0.2) is 78.9 Å². The minimum absolute atomic E-state index is 0.279. The maximum absolute atomic E-state index is 12.8. The summed E-state index contributed by atoms with van der Waals surface area (Å²) in [7, 11) is 1.50. The molecule has 0 unspecified atom stereocenters. The Morgan fingerprint density at radius 2 is 1.47 bits per heavy atom. The summed E-state index contributed by atoms with van der Waals surface area (Å²) in [6.45, 7) is 1.55. The van der Waals surface area contributed by atoms with Gasteiger partial charge in [0.25, 0.3) is 5.91 Å². The van der Waals surface area contributed by atoms with Crippen molar-refractivity contribution in [1.29, 1.82) is 0 Å². The first-order valence-electron chi connectivity index (χ1n) is 9.63. The molecule has 0 aromatic heterocycles. The SMILES string of the molecule is COc1cc2ccccc2cc1C(=O)O[C@H](C)C(=O)Nc1cccc2ccccc12. The molecule has 0 spiro atoms. The monoisotopic (exact) mass is 399 g/mol. The highest BCUT2D eigenvalue weighted by Crippen LogP contribution is 2.27. The van der Waals surface area contributed by atoms with Crippen molar-refractivity contribution < 1.29 is 19.1 Å². The second-order valence-electron chi connectivity index (χ2n) is 6.96. The normalized spacial score (nSPS) is 11.8. The van der Waals surface area contributed by atoms with Gasteiger partial charge >= 0.3 is 5.97 Å². The van der Waals surface area contributed by atoms with Gasteiger partial charge in [-0.05, 0) is 41.3 Å². The summed E-state index contributed by atoms with van der Waals surface area (Å²) in [6.07, 6.45) is -0.979. The molecule has 150 valence electrons. The van der Waals surface area contributed by atoms with Crippen molar-refractivity contribution in [3.05, 3.63) is 84.4 Å². The van der Waals surface area contributed by atoms with Crippen LogP contribution in [0.25, 0.3) is 21.5 Å². The van der Waals surface area contributed by atoms with Crippen molar-refractivity contribution in [3.8, 4) is 5.75 Å². The molecule has 0 aliphatic carbocycles. The number of rotatable bonds is 5. The summed E-state index contributed by atoms with van der Waals surface area (Å²) in [6, 6.07) is 24.6. The Labute approximate surface area is 174 Å². The molecule has 0 fully saturated rings. The van der Waals surface area contributed by atoms with Crippen LogP contribution in [-0.4, -0.2) is 25.1 Å². The lowest BCUT2D eigenvalue weighted by molar-refractivity contribution is -0.123. The number of carbonyl (C=O) groups excluding carboxylic acids is 2.